The van der Waals surface area contributed by atoms with Gasteiger partial charge in [-0.15, -0.1) is 0 Å². The van der Waals surface area contributed by atoms with Gasteiger partial charge in [0.2, 0.25) is 17.7 Å². The fraction of sp³-hybridized carbons (Fsp3) is 0.762. The Labute approximate surface area is 319 Å². The average Bonchev–Trinajstić information content (AvgIpc) is 3.15. The van der Waals surface area contributed by atoms with E-state index in [9.17, 15) is 24.3 Å². The van der Waals surface area contributed by atoms with Crippen LogP contribution >= 0.6 is 0 Å². The Bertz CT molecular complexity index is 1280. The van der Waals surface area contributed by atoms with E-state index in [4.69, 9.17) is 0 Å². The van der Waals surface area contributed by atoms with E-state index >= 15 is 0 Å². The molecule has 5 amide bonds. The minimum Gasteiger partial charge on any atom is -0.391 e. The lowest BCUT2D eigenvalue weighted by atomic mass is 9.81. The highest BCUT2D eigenvalue weighted by atomic mass is 16.3. The van der Waals surface area contributed by atoms with Gasteiger partial charge in [0.25, 0.3) is 0 Å². The van der Waals surface area contributed by atoms with Crippen molar-refractivity contribution in [3.05, 3.63) is 35.9 Å². The van der Waals surface area contributed by atoms with Gasteiger partial charge in [0.05, 0.1) is 12.1 Å². The number of hydrogen-bond donors (Lipinski definition) is 3. The van der Waals surface area contributed by atoms with Crippen molar-refractivity contribution < 1.29 is 24.3 Å². The first-order valence-electron chi connectivity index (χ1n) is 20.9. The van der Waals surface area contributed by atoms with Crippen LogP contribution in [0.5, 0.6) is 0 Å². The highest BCUT2D eigenvalue weighted by Crippen LogP contribution is 2.30. The summed E-state index contributed by atoms with van der Waals surface area (Å²) in [7, 11) is 2.05. The first kappa shape index (κ1) is 42.6. The molecular weight excluding hydrogens is 668 g/mol. The van der Waals surface area contributed by atoms with Gasteiger partial charge in [-0.1, -0.05) is 109 Å². The molecule has 53 heavy (non-hydrogen) atoms. The second-order valence-electron chi connectivity index (χ2n) is 16.3. The maximum absolute atomic E-state index is 14.7. The van der Waals surface area contributed by atoms with Crippen molar-refractivity contribution in [3.8, 4) is 0 Å². The summed E-state index contributed by atoms with van der Waals surface area (Å²) in [4.78, 5) is 64.0. The van der Waals surface area contributed by atoms with Crippen LogP contribution in [0.25, 0.3) is 0 Å². The molecule has 0 radical (unpaired) electrons. The third kappa shape index (κ3) is 12.4. The first-order chi connectivity index (χ1) is 25.5. The topological polar surface area (TPSA) is 126 Å². The monoisotopic (exact) mass is 739 g/mol. The molecule has 3 aliphatic rings. The number of nitrogens with zero attached hydrogens (tertiary/aromatic N) is 4. The normalized spacial score (nSPS) is 21.3. The van der Waals surface area contributed by atoms with Gasteiger partial charge in [0.1, 0.15) is 12.1 Å². The fourth-order valence-corrected chi connectivity index (χ4v) is 8.38. The number of carbonyl (C=O) groups excluding carboxylic acids is 4. The minimum atomic E-state index is -0.906. The third-order valence-electron chi connectivity index (χ3n) is 11.9. The minimum absolute atomic E-state index is 0.0265. The van der Waals surface area contributed by atoms with Crippen LogP contribution in [0, 0.1) is 17.8 Å². The zero-order chi connectivity index (χ0) is 38.3. The molecule has 298 valence electrons. The Morgan fingerprint density at radius 1 is 0.887 bits per heavy atom. The number of urea groups is 1. The van der Waals surface area contributed by atoms with Gasteiger partial charge in [0.15, 0.2) is 0 Å². The number of piperazine rings is 2. The molecule has 1 aromatic rings. The second-order valence-corrected chi connectivity index (χ2v) is 16.3. The van der Waals surface area contributed by atoms with Gasteiger partial charge >= 0.3 is 6.03 Å². The predicted octanol–water partition coefficient (Wildman–Crippen LogP) is 5.06. The molecule has 11 nitrogen and oxygen atoms in total. The molecule has 0 spiro atoms. The molecule has 2 aliphatic heterocycles. The Morgan fingerprint density at radius 2 is 1.57 bits per heavy atom. The van der Waals surface area contributed by atoms with Gasteiger partial charge < -0.3 is 35.3 Å². The summed E-state index contributed by atoms with van der Waals surface area (Å²) >= 11 is 0. The molecule has 4 rings (SSSR count). The number of carbonyl (C=O) groups is 4. The number of amides is 5. The van der Waals surface area contributed by atoms with Crippen LogP contribution in [-0.4, -0.2) is 126 Å². The molecule has 1 saturated carbocycles. The zero-order valence-corrected chi connectivity index (χ0v) is 33.4. The molecule has 1 aliphatic carbocycles. The van der Waals surface area contributed by atoms with Gasteiger partial charge in [-0.05, 0) is 50.1 Å². The van der Waals surface area contributed by atoms with Crippen molar-refractivity contribution in [1.29, 1.82) is 0 Å². The summed E-state index contributed by atoms with van der Waals surface area (Å²) < 4.78 is 0. The summed E-state index contributed by atoms with van der Waals surface area (Å²) in [5, 5.41) is 18.2. The standard InChI is InChI=1S/C42H70N6O5/c1-6-8-20-36(40(51)44-35(28-32-16-12-10-13-17-32)38(49)30-34(31(3)4)39(50)43-21-9-7-2)47-26-27-48(42(53)46-24-22-45(5)23-25-46)37(41(47)52)29-33-18-14-11-15-19-33/h11,14-15,18-19,31-32,34-38,49H,6-10,12-13,16-17,20-30H2,1-5H3,(H,43,50)(H,44,51)/t34-,35-,36-,37-,38-/m0/s1. The maximum atomic E-state index is 14.7. The molecular formula is C42H70N6O5. The number of rotatable bonds is 18. The molecule has 5 atom stereocenters. The molecule has 0 bridgehead atoms. The molecule has 1 aromatic carbocycles. The van der Waals surface area contributed by atoms with E-state index in [1.165, 1.54) is 6.42 Å². The molecule has 11 heteroatoms. The number of benzene rings is 1. The van der Waals surface area contributed by atoms with Crippen LogP contribution in [-0.2, 0) is 20.8 Å². The quantitative estimate of drug-likeness (QED) is 0.181. The molecule has 0 unspecified atom stereocenters. The van der Waals surface area contributed by atoms with Crippen molar-refractivity contribution in [2.45, 2.75) is 135 Å². The largest absolute Gasteiger partial charge is 0.391 e. The first-order valence-corrected chi connectivity index (χ1v) is 20.9. The van der Waals surface area contributed by atoms with Crippen molar-refractivity contribution >= 4 is 23.8 Å². The van der Waals surface area contributed by atoms with E-state index in [-0.39, 0.29) is 48.6 Å². The van der Waals surface area contributed by atoms with Crippen molar-refractivity contribution in [1.82, 2.24) is 30.2 Å². The zero-order valence-electron chi connectivity index (χ0n) is 33.4. The summed E-state index contributed by atoms with van der Waals surface area (Å²) in [6.07, 6.45) is 10.0. The SMILES string of the molecule is CCCCNC(=O)[C@@H](C[C@H](O)[C@H](CC1CCCCC1)NC(=O)[C@H](CCCC)N1CCN(C(=O)N2CCN(C)CC2)[C@@H](Cc2ccccc2)C1=O)C(C)C. The summed E-state index contributed by atoms with van der Waals surface area (Å²) in [5.74, 6) is -0.470. The Morgan fingerprint density at radius 3 is 2.21 bits per heavy atom. The predicted molar refractivity (Wildman–Crippen MR) is 210 cm³/mol. The maximum Gasteiger partial charge on any atom is 0.320 e. The van der Waals surface area contributed by atoms with E-state index < -0.39 is 24.2 Å². The number of nitrogens with one attached hydrogen (secondary N) is 2. The average molecular weight is 739 g/mol. The van der Waals surface area contributed by atoms with Crippen LogP contribution in [0.15, 0.2) is 30.3 Å². The van der Waals surface area contributed by atoms with E-state index in [0.717, 1.165) is 70.0 Å². The van der Waals surface area contributed by atoms with Gasteiger partial charge in [-0.2, -0.15) is 0 Å². The van der Waals surface area contributed by atoms with Crippen LogP contribution in [0.1, 0.15) is 110 Å². The van der Waals surface area contributed by atoms with Crippen molar-refractivity contribution in [2.24, 2.45) is 17.8 Å². The Hall–Kier alpha value is -3.18. The highest BCUT2D eigenvalue weighted by molar-refractivity contribution is 5.93. The van der Waals surface area contributed by atoms with Crippen LogP contribution < -0.4 is 10.6 Å². The Balaban J connectivity index is 1.57. The van der Waals surface area contributed by atoms with E-state index in [2.05, 4.69) is 36.4 Å². The van der Waals surface area contributed by atoms with Gasteiger partial charge in [-0.3, -0.25) is 14.4 Å². The molecule has 3 N–H and O–H groups in total. The smallest absolute Gasteiger partial charge is 0.320 e. The number of likely N-dealkylation sites (N-methyl/N-ethyl adjacent to an activating group) is 1. The van der Waals surface area contributed by atoms with E-state index in [0.29, 0.717) is 51.4 Å². The lowest BCUT2D eigenvalue weighted by molar-refractivity contribution is -0.149. The summed E-state index contributed by atoms with van der Waals surface area (Å²) in [5.41, 5.74) is 0.965. The molecule has 3 fully saturated rings. The highest BCUT2D eigenvalue weighted by Gasteiger charge is 2.44. The number of unbranched alkanes of at least 4 members (excludes halogenated alkanes) is 2. The van der Waals surface area contributed by atoms with Gasteiger partial charge in [-0.25, -0.2) is 4.79 Å². The number of aliphatic hydroxyl groups excluding tert-OH is 1. The molecule has 0 aromatic heterocycles. The fourth-order valence-electron chi connectivity index (χ4n) is 8.38. The lowest BCUT2D eigenvalue weighted by Gasteiger charge is -2.46. The third-order valence-corrected chi connectivity index (χ3v) is 11.9. The van der Waals surface area contributed by atoms with Crippen LogP contribution in [0.3, 0.4) is 0 Å². The summed E-state index contributed by atoms with van der Waals surface area (Å²) in [6, 6.07) is 7.71. The Kier molecular flexibility index (Phi) is 17.4. The second kappa shape index (κ2) is 21.6. The van der Waals surface area contributed by atoms with Gasteiger partial charge in [0, 0.05) is 58.2 Å². The van der Waals surface area contributed by atoms with E-state index in [1.807, 2.05) is 49.1 Å². The lowest BCUT2D eigenvalue weighted by Crippen LogP contribution is -2.66. The molecule has 2 heterocycles. The van der Waals surface area contributed by atoms with Crippen LogP contribution in [0.4, 0.5) is 4.79 Å². The number of aliphatic hydroxyl groups is 1. The van der Waals surface area contributed by atoms with Crippen molar-refractivity contribution in [2.75, 3.05) is 52.9 Å². The summed E-state index contributed by atoms with van der Waals surface area (Å²) in [6.45, 7) is 12.2. The van der Waals surface area contributed by atoms with Crippen molar-refractivity contribution in [3.63, 3.8) is 0 Å². The molecule has 2 saturated heterocycles. The van der Waals surface area contributed by atoms with Crippen LogP contribution in [0.2, 0.25) is 0 Å². The number of hydrogen-bond acceptors (Lipinski definition) is 6. The van der Waals surface area contributed by atoms with E-state index in [1.54, 1.807) is 9.80 Å².